The Morgan fingerprint density at radius 1 is 1.00 bits per heavy atom. The van der Waals surface area contributed by atoms with Gasteiger partial charge in [0.1, 0.15) is 0 Å². The summed E-state index contributed by atoms with van der Waals surface area (Å²) < 4.78 is 0. The average Bonchev–Trinajstić information content (AvgIpc) is 3.30. The molecule has 6 nitrogen and oxygen atoms in total. The van der Waals surface area contributed by atoms with Crippen molar-refractivity contribution in [3.05, 3.63) is 24.3 Å². The SMILES string of the molecule is Cl.O=C(Nc1ccc(NC(=O)[C@@]23CCCC[C@H]2CNC3)cc1)NC1CC1. The third-order valence-electron chi connectivity index (χ3n) is 5.80. The molecule has 0 radical (unpaired) electrons. The summed E-state index contributed by atoms with van der Waals surface area (Å²) in [6, 6.07) is 7.51. The fraction of sp³-hybridized carbons (Fsp3) is 0.579. The van der Waals surface area contributed by atoms with E-state index in [-0.39, 0.29) is 29.8 Å². The van der Waals surface area contributed by atoms with E-state index in [1.807, 2.05) is 24.3 Å². The molecular weight excluding hydrogens is 352 g/mol. The van der Waals surface area contributed by atoms with Crippen molar-refractivity contribution >= 4 is 35.7 Å². The minimum Gasteiger partial charge on any atom is -0.335 e. The van der Waals surface area contributed by atoms with Crippen LogP contribution in [-0.2, 0) is 4.79 Å². The number of carbonyl (C=O) groups excluding carboxylic acids is 2. The molecule has 1 aromatic carbocycles. The van der Waals surface area contributed by atoms with Gasteiger partial charge < -0.3 is 21.3 Å². The van der Waals surface area contributed by atoms with Gasteiger partial charge in [-0.1, -0.05) is 12.8 Å². The molecule has 1 heterocycles. The lowest BCUT2D eigenvalue weighted by Crippen LogP contribution is -2.44. The van der Waals surface area contributed by atoms with Crippen LogP contribution in [0.5, 0.6) is 0 Å². The van der Waals surface area contributed by atoms with Gasteiger partial charge in [0.25, 0.3) is 0 Å². The number of nitrogens with one attached hydrogen (secondary N) is 4. The zero-order valence-corrected chi connectivity index (χ0v) is 15.7. The van der Waals surface area contributed by atoms with Gasteiger partial charge in [-0.05, 0) is 62.4 Å². The summed E-state index contributed by atoms with van der Waals surface area (Å²) in [7, 11) is 0. The summed E-state index contributed by atoms with van der Waals surface area (Å²) in [4.78, 5) is 24.7. The predicted octanol–water partition coefficient (Wildman–Crippen LogP) is 3.11. The van der Waals surface area contributed by atoms with Crippen LogP contribution < -0.4 is 21.3 Å². The molecule has 2 atom stereocenters. The Labute approximate surface area is 160 Å². The molecule has 3 amide bonds. The highest BCUT2D eigenvalue weighted by Crippen LogP contribution is 2.44. The van der Waals surface area contributed by atoms with Crippen molar-refractivity contribution in [3.63, 3.8) is 0 Å². The van der Waals surface area contributed by atoms with Crippen LogP contribution in [0.2, 0.25) is 0 Å². The Morgan fingerprint density at radius 3 is 2.38 bits per heavy atom. The molecule has 1 aliphatic heterocycles. The summed E-state index contributed by atoms with van der Waals surface area (Å²) in [5.41, 5.74) is 1.26. The first-order chi connectivity index (χ1) is 12.2. The fourth-order valence-corrected chi connectivity index (χ4v) is 4.16. The van der Waals surface area contributed by atoms with Gasteiger partial charge in [-0.2, -0.15) is 0 Å². The standard InChI is InChI=1S/C19H26N4O2.ClH/c24-17(19-10-2-1-3-13(19)11-20-12-19)21-14-4-6-15(7-5-14)22-18(25)23-16-8-9-16;/h4-7,13,16,20H,1-3,8-12H2,(H,21,24)(H2,22,23,25);1H/t13-,19+;/m0./s1. The Hall–Kier alpha value is -1.79. The van der Waals surface area contributed by atoms with Gasteiger partial charge >= 0.3 is 6.03 Å². The first kappa shape index (κ1) is 19.0. The van der Waals surface area contributed by atoms with Gasteiger partial charge in [0.05, 0.1) is 5.41 Å². The highest BCUT2D eigenvalue weighted by molar-refractivity contribution is 5.96. The lowest BCUT2D eigenvalue weighted by molar-refractivity contribution is -0.128. The molecule has 142 valence electrons. The summed E-state index contributed by atoms with van der Waals surface area (Å²) in [6.45, 7) is 1.73. The van der Waals surface area contributed by atoms with Crippen molar-refractivity contribution in [2.75, 3.05) is 23.7 Å². The fourth-order valence-electron chi connectivity index (χ4n) is 4.16. The van der Waals surface area contributed by atoms with E-state index in [1.54, 1.807) is 0 Å². The number of carbonyl (C=O) groups is 2. The molecule has 0 bridgehead atoms. The molecule has 2 saturated carbocycles. The van der Waals surface area contributed by atoms with Crippen LogP contribution in [-0.4, -0.2) is 31.1 Å². The Kier molecular flexibility index (Phi) is 5.73. The lowest BCUT2D eigenvalue weighted by atomic mass is 9.67. The maximum Gasteiger partial charge on any atom is 0.319 e. The third-order valence-corrected chi connectivity index (χ3v) is 5.80. The van der Waals surface area contributed by atoms with E-state index in [9.17, 15) is 9.59 Å². The molecule has 26 heavy (non-hydrogen) atoms. The third kappa shape index (κ3) is 3.96. The van der Waals surface area contributed by atoms with Crippen molar-refractivity contribution in [2.45, 2.75) is 44.6 Å². The van der Waals surface area contributed by atoms with E-state index in [0.29, 0.717) is 12.0 Å². The van der Waals surface area contributed by atoms with Crippen LogP contribution in [0.4, 0.5) is 16.2 Å². The number of rotatable bonds is 4. The number of urea groups is 1. The number of anilines is 2. The maximum atomic E-state index is 12.9. The van der Waals surface area contributed by atoms with Gasteiger partial charge in [0.2, 0.25) is 5.91 Å². The minimum absolute atomic E-state index is 0. The van der Waals surface area contributed by atoms with Gasteiger partial charge in [-0.25, -0.2) is 4.79 Å². The predicted molar refractivity (Wildman–Crippen MR) is 105 cm³/mol. The molecule has 3 aliphatic rings. The van der Waals surface area contributed by atoms with E-state index in [0.717, 1.165) is 56.6 Å². The minimum atomic E-state index is -0.251. The van der Waals surface area contributed by atoms with Crippen LogP contribution in [0, 0.1) is 11.3 Å². The zero-order chi connectivity index (χ0) is 17.3. The van der Waals surface area contributed by atoms with Crippen LogP contribution in [0.3, 0.4) is 0 Å². The first-order valence-electron chi connectivity index (χ1n) is 9.35. The van der Waals surface area contributed by atoms with Gasteiger partial charge in [-0.15, -0.1) is 12.4 Å². The largest absolute Gasteiger partial charge is 0.335 e. The van der Waals surface area contributed by atoms with Crippen molar-refractivity contribution in [3.8, 4) is 0 Å². The highest BCUT2D eigenvalue weighted by Gasteiger charge is 2.49. The number of benzene rings is 1. The summed E-state index contributed by atoms with van der Waals surface area (Å²) in [5, 5.41) is 12.2. The summed E-state index contributed by atoms with van der Waals surface area (Å²) in [5.74, 6) is 0.586. The normalized spacial score (nSPS) is 27.0. The van der Waals surface area contributed by atoms with Crippen molar-refractivity contribution in [1.29, 1.82) is 0 Å². The Balaban J connectivity index is 0.00000196. The average molecular weight is 379 g/mol. The Bertz CT molecular complexity index is 662. The number of hydrogen-bond donors (Lipinski definition) is 4. The summed E-state index contributed by atoms with van der Waals surface area (Å²) in [6.07, 6.45) is 6.60. The maximum absolute atomic E-state index is 12.9. The van der Waals surface area contributed by atoms with E-state index in [2.05, 4.69) is 21.3 Å². The molecule has 4 N–H and O–H groups in total. The van der Waals surface area contributed by atoms with Crippen molar-refractivity contribution < 1.29 is 9.59 Å². The second kappa shape index (κ2) is 7.84. The summed E-state index contributed by atoms with van der Waals surface area (Å²) >= 11 is 0. The number of amides is 3. The Morgan fingerprint density at radius 2 is 1.69 bits per heavy atom. The molecule has 4 rings (SSSR count). The number of halogens is 1. The van der Waals surface area contributed by atoms with Gasteiger partial charge in [0.15, 0.2) is 0 Å². The highest BCUT2D eigenvalue weighted by atomic mass is 35.5. The van der Waals surface area contributed by atoms with Crippen molar-refractivity contribution in [1.82, 2.24) is 10.6 Å². The second-order valence-corrected chi connectivity index (χ2v) is 7.63. The molecule has 1 aromatic rings. The monoisotopic (exact) mass is 378 g/mol. The molecule has 3 fully saturated rings. The van der Waals surface area contributed by atoms with Crippen LogP contribution >= 0.6 is 12.4 Å². The van der Waals surface area contributed by atoms with E-state index in [1.165, 1.54) is 6.42 Å². The molecule has 0 spiro atoms. The van der Waals surface area contributed by atoms with Crippen LogP contribution in [0.25, 0.3) is 0 Å². The van der Waals surface area contributed by atoms with E-state index in [4.69, 9.17) is 0 Å². The molecule has 0 unspecified atom stereocenters. The molecular formula is C19H27ClN4O2. The number of hydrogen-bond acceptors (Lipinski definition) is 3. The van der Waals surface area contributed by atoms with Crippen LogP contribution in [0.1, 0.15) is 38.5 Å². The quantitative estimate of drug-likeness (QED) is 0.649. The number of fused-ring (bicyclic) bond motifs is 1. The molecule has 0 aromatic heterocycles. The second-order valence-electron chi connectivity index (χ2n) is 7.63. The van der Waals surface area contributed by atoms with Crippen LogP contribution in [0.15, 0.2) is 24.3 Å². The topological polar surface area (TPSA) is 82.3 Å². The smallest absolute Gasteiger partial charge is 0.319 e. The van der Waals surface area contributed by atoms with Gasteiger partial charge in [-0.3, -0.25) is 4.79 Å². The molecule has 1 saturated heterocycles. The van der Waals surface area contributed by atoms with E-state index >= 15 is 0 Å². The first-order valence-corrected chi connectivity index (χ1v) is 9.35. The zero-order valence-electron chi connectivity index (χ0n) is 14.8. The van der Waals surface area contributed by atoms with Gasteiger partial charge in [0, 0.05) is 24.0 Å². The molecule has 2 aliphatic carbocycles. The van der Waals surface area contributed by atoms with E-state index < -0.39 is 0 Å². The lowest BCUT2D eigenvalue weighted by Gasteiger charge is -2.37. The van der Waals surface area contributed by atoms with Crippen molar-refractivity contribution in [2.24, 2.45) is 11.3 Å². The molecule has 7 heteroatoms.